The lowest BCUT2D eigenvalue weighted by molar-refractivity contribution is 0.588. The first-order valence-corrected chi connectivity index (χ1v) is 7.32. The average molecular weight is 294 g/mol. The Morgan fingerprint density at radius 1 is 1.23 bits per heavy atom. The van der Waals surface area contributed by atoms with E-state index in [0.29, 0.717) is 11.5 Å². The standard InChI is InChI=1S/C16H18N6/c1-12-8-14(21-16-19-10-13(9-17)11-20-16)2-3-15(12)22-6-4-18-5-7-22/h2-3,8,10-11,18H,4-7H2,1H3,(H,19,20,21). The van der Waals surface area contributed by atoms with E-state index in [9.17, 15) is 0 Å². The molecule has 1 saturated heterocycles. The van der Waals surface area contributed by atoms with Gasteiger partial charge in [-0.05, 0) is 30.7 Å². The molecule has 0 spiro atoms. The van der Waals surface area contributed by atoms with Crippen LogP contribution >= 0.6 is 0 Å². The summed E-state index contributed by atoms with van der Waals surface area (Å²) in [5, 5.41) is 15.3. The van der Waals surface area contributed by atoms with Crippen LogP contribution in [0.1, 0.15) is 11.1 Å². The van der Waals surface area contributed by atoms with Crippen LogP contribution in [0.15, 0.2) is 30.6 Å². The van der Waals surface area contributed by atoms with Crippen molar-refractivity contribution in [3.63, 3.8) is 0 Å². The van der Waals surface area contributed by atoms with Crippen LogP contribution in [0, 0.1) is 18.3 Å². The Morgan fingerprint density at radius 2 is 1.95 bits per heavy atom. The van der Waals surface area contributed by atoms with E-state index >= 15 is 0 Å². The van der Waals surface area contributed by atoms with Gasteiger partial charge in [-0.25, -0.2) is 9.97 Å². The lowest BCUT2D eigenvalue weighted by Crippen LogP contribution is -2.43. The summed E-state index contributed by atoms with van der Waals surface area (Å²) in [4.78, 5) is 10.6. The van der Waals surface area contributed by atoms with Crippen LogP contribution in [-0.2, 0) is 0 Å². The highest BCUT2D eigenvalue weighted by Gasteiger charge is 2.12. The Labute approximate surface area is 129 Å². The van der Waals surface area contributed by atoms with E-state index in [1.807, 2.05) is 12.1 Å². The van der Waals surface area contributed by atoms with Gasteiger partial charge in [0, 0.05) is 37.6 Å². The highest BCUT2D eigenvalue weighted by atomic mass is 15.2. The molecule has 1 aromatic heterocycles. The summed E-state index contributed by atoms with van der Waals surface area (Å²) >= 11 is 0. The maximum atomic E-state index is 8.75. The summed E-state index contributed by atoms with van der Waals surface area (Å²) < 4.78 is 0. The maximum absolute atomic E-state index is 8.75. The zero-order valence-corrected chi connectivity index (χ0v) is 12.5. The van der Waals surface area contributed by atoms with Gasteiger partial charge < -0.3 is 15.5 Å². The molecule has 1 aromatic carbocycles. The molecule has 0 saturated carbocycles. The fourth-order valence-corrected chi connectivity index (χ4v) is 2.57. The summed E-state index contributed by atoms with van der Waals surface area (Å²) in [6.45, 7) is 6.23. The zero-order valence-electron chi connectivity index (χ0n) is 12.5. The van der Waals surface area contributed by atoms with Crippen LogP contribution in [0.2, 0.25) is 0 Å². The SMILES string of the molecule is Cc1cc(Nc2ncc(C#N)cn2)ccc1N1CCNCC1. The van der Waals surface area contributed by atoms with Gasteiger partial charge in [0.2, 0.25) is 5.95 Å². The number of aromatic nitrogens is 2. The van der Waals surface area contributed by atoms with Gasteiger partial charge in [0.15, 0.2) is 0 Å². The van der Waals surface area contributed by atoms with Crippen molar-refractivity contribution < 1.29 is 0 Å². The van der Waals surface area contributed by atoms with Crippen molar-refractivity contribution in [3.8, 4) is 6.07 Å². The molecule has 22 heavy (non-hydrogen) atoms. The summed E-state index contributed by atoms with van der Waals surface area (Å²) in [6, 6.07) is 8.27. The van der Waals surface area contributed by atoms with Crippen molar-refractivity contribution in [3.05, 3.63) is 41.7 Å². The first-order valence-electron chi connectivity index (χ1n) is 7.32. The predicted molar refractivity (Wildman–Crippen MR) is 86.3 cm³/mol. The van der Waals surface area contributed by atoms with Gasteiger partial charge >= 0.3 is 0 Å². The van der Waals surface area contributed by atoms with E-state index in [-0.39, 0.29) is 0 Å². The van der Waals surface area contributed by atoms with Crippen molar-refractivity contribution in [2.75, 3.05) is 36.4 Å². The fourth-order valence-electron chi connectivity index (χ4n) is 2.57. The number of hydrogen-bond acceptors (Lipinski definition) is 6. The van der Waals surface area contributed by atoms with Crippen molar-refractivity contribution in [1.82, 2.24) is 15.3 Å². The van der Waals surface area contributed by atoms with Crippen molar-refractivity contribution in [2.24, 2.45) is 0 Å². The quantitative estimate of drug-likeness (QED) is 0.899. The lowest BCUT2D eigenvalue weighted by atomic mass is 10.1. The molecule has 0 unspecified atom stereocenters. The van der Waals surface area contributed by atoms with Crippen molar-refractivity contribution in [2.45, 2.75) is 6.92 Å². The Morgan fingerprint density at radius 3 is 2.59 bits per heavy atom. The molecule has 2 aromatic rings. The summed E-state index contributed by atoms with van der Waals surface area (Å²) in [5.41, 5.74) is 3.89. The van der Waals surface area contributed by atoms with Gasteiger partial charge in [0.05, 0.1) is 18.0 Å². The van der Waals surface area contributed by atoms with Gasteiger partial charge in [-0.2, -0.15) is 5.26 Å². The minimum absolute atomic E-state index is 0.454. The maximum Gasteiger partial charge on any atom is 0.227 e. The highest BCUT2D eigenvalue weighted by molar-refractivity contribution is 5.63. The number of nitrogens with zero attached hydrogens (tertiary/aromatic N) is 4. The van der Waals surface area contributed by atoms with Gasteiger partial charge in [-0.1, -0.05) is 0 Å². The van der Waals surface area contributed by atoms with E-state index in [4.69, 9.17) is 5.26 Å². The van der Waals surface area contributed by atoms with E-state index in [1.54, 1.807) is 0 Å². The lowest BCUT2D eigenvalue weighted by Gasteiger charge is -2.30. The van der Waals surface area contributed by atoms with Gasteiger partial charge in [-0.3, -0.25) is 0 Å². The molecule has 1 aliphatic heterocycles. The number of aryl methyl sites for hydroxylation is 1. The Kier molecular flexibility index (Phi) is 4.17. The Hall–Kier alpha value is -2.65. The average Bonchev–Trinajstić information content (AvgIpc) is 2.56. The third-order valence-corrected chi connectivity index (χ3v) is 3.69. The molecule has 6 nitrogen and oxygen atoms in total. The van der Waals surface area contributed by atoms with E-state index < -0.39 is 0 Å². The van der Waals surface area contributed by atoms with Gasteiger partial charge in [-0.15, -0.1) is 0 Å². The van der Waals surface area contributed by atoms with E-state index in [1.165, 1.54) is 23.6 Å². The first kappa shape index (κ1) is 14.3. The fraction of sp³-hybridized carbons (Fsp3) is 0.312. The molecule has 0 amide bonds. The highest BCUT2D eigenvalue weighted by Crippen LogP contribution is 2.25. The van der Waals surface area contributed by atoms with Crippen LogP contribution in [0.25, 0.3) is 0 Å². The molecule has 0 atom stereocenters. The topological polar surface area (TPSA) is 76.9 Å². The predicted octanol–water partition coefficient (Wildman–Crippen LogP) is 1.81. The minimum Gasteiger partial charge on any atom is -0.369 e. The third kappa shape index (κ3) is 3.15. The van der Waals surface area contributed by atoms with Gasteiger partial charge in [0.1, 0.15) is 6.07 Å². The number of nitriles is 1. The second kappa shape index (κ2) is 6.41. The summed E-state index contributed by atoms with van der Waals surface area (Å²) in [5.74, 6) is 0.494. The molecule has 1 aliphatic rings. The second-order valence-corrected chi connectivity index (χ2v) is 5.27. The molecule has 112 valence electrons. The van der Waals surface area contributed by atoms with Crippen LogP contribution in [0.3, 0.4) is 0 Å². The zero-order chi connectivity index (χ0) is 15.4. The molecular formula is C16H18N6. The first-order chi connectivity index (χ1) is 10.8. The molecule has 6 heteroatoms. The number of benzene rings is 1. The number of rotatable bonds is 3. The summed E-state index contributed by atoms with van der Waals surface area (Å²) in [6.07, 6.45) is 3.02. The normalized spacial score (nSPS) is 14.5. The number of anilines is 3. The molecule has 3 rings (SSSR count). The van der Waals surface area contributed by atoms with Crippen LogP contribution < -0.4 is 15.5 Å². The van der Waals surface area contributed by atoms with E-state index in [2.05, 4.69) is 44.6 Å². The number of hydrogen-bond donors (Lipinski definition) is 2. The third-order valence-electron chi connectivity index (χ3n) is 3.69. The number of piperazine rings is 1. The monoisotopic (exact) mass is 294 g/mol. The Bertz CT molecular complexity index is 683. The van der Waals surface area contributed by atoms with Gasteiger partial charge in [0.25, 0.3) is 0 Å². The van der Waals surface area contributed by atoms with Crippen molar-refractivity contribution in [1.29, 1.82) is 5.26 Å². The molecule has 0 aliphatic carbocycles. The van der Waals surface area contributed by atoms with E-state index in [0.717, 1.165) is 31.9 Å². The molecule has 0 bridgehead atoms. The number of nitrogens with one attached hydrogen (secondary N) is 2. The largest absolute Gasteiger partial charge is 0.369 e. The molecule has 2 N–H and O–H groups in total. The second-order valence-electron chi connectivity index (χ2n) is 5.27. The molecule has 2 heterocycles. The van der Waals surface area contributed by atoms with Crippen LogP contribution in [-0.4, -0.2) is 36.1 Å². The van der Waals surface area contributed by atoms with Crippen molar-refractivity contribution >= 4 is 17.3 Å². The molecule has 0 radical (unpaired) electrons. The smallest absolute Gasteiger partial charge is 0.227 e. The Balaban J connectivity index is 1.74. The van der Waals surface area contributed by atoms with Crippen LogP contribution in [0.5, 0.6) is 0 Å². The summed E-state index contributed by atoms with van der Waals surface area (Å²) in [7, 11) is 0. The molecule has 1 fully saturated rings. The molecular weight excluding hydrogens is 276 g/mol. The van der Waals surface area contributed by atoms with Crippen LogP contribution in [0.4, 0.5) is 17.3 Å². The minimum atomic E-state index is 0.454.